The quantitative estimate of drug-likeness (QED) is 0.151. The van der Waals surface area contributed by atoms with E-state index in [1.165, 1.54) is 95.6 Å². The van der Waals surface area contributed by atoms with Crippen LogP contribution in [0.5, 0.6) is 0 Å². The van der Waals surface area contributed by atoms with Crippen molar-refractivity contribution >= 4 is 6.29 Å². The maximum absolute atomic E-state index is 10.6. The van der Waals surface area contributed by atoms with Crippen molar-refractivity contribution in [1.29, 1.82) is 5.26 Å². The number of hydrogen-bond donors (Lipinski definition) is 1. The molecule has 0 fully saturated rings. The van der Waals surface area contributed by atoms with Gasteiger partial charge < -0.3 is 4.98 Å². The fraction of sp³-hybridized carbons (Fsp3) is 0.680. The van der Waals surface area contributed by atoms with E-state index in [1.54, 1.807) is 0 Å². The molecular weight excluding hydrogens is 344 g/mol. The van der Waals surface area contributed by atoms with Gasteiger partial charge in [0.05, 0.1) is 11.8 Å². The molecule has 0 aromatic carbocycles. The van der Waals surface area contributed by atoms with Crippen LogP contribution in [0.3, 0.4) is 0 Å². The van der Waals surface area contributed by atoms with E-state index in [1.807, 2.05) is 12.1 Å². The molecule has 0 radical (unpaired) electrons. The third-order valence-electron chi connectivity index (χ3n) is 5.29. The first-order chi connectivity index (χ1) is 13.9. The molecule has 0 atom stereocenters. The van der Waals surface area contributed by atoms with Gasteiger partial charge in [0.2, 0.25) is 0 Å². The lowest BCUT2D eigenvalue weighted by atomic mass is 10.0. The Bertz CT molecular complexity index is 553. The molecule has 3 heteroatoms. The summed E-state index contributed by atoms with van der Waals surface area (Å²) in [4.78, 5) is 13.8. The molecule has 0 aliphatic heterocycles. The average molecular weight is 385 g/mol. The number of hydrogen-bond acceptors (Lipinski definition) is 2. The summed E-state index contributed by atoms with van der Waals surface area (Å²) in [5.74, 6) is 0. The highest BCUT2D eigenvalue weighted by Gasteiger charge is 1.98. The Morgan fingerprint density at radius 3 is 1.82 bits per heavy atom. The fourth-order valence-corrected chi connectivity index (χ4v) is 3.54. The lowest BCUT2D eigenvalue weighted by Gasteiger charge is -2.02. The maximum atomic E-state index is 10.6. The van der Waals surface area contributed by atoms with Crippen LogP contribution in [0, 0.1) is 11.3 Å². The largest absolute Gasteiger partial charge is 0.356 e. The van der Waals surface area contributed by atoms with E-state index in [-0.39, 0.29) is 0 Å². The number of H-pyrrole nitrogens is 1. The Morgan fingerprint density at radius 1 is 0.750 bits per heavy atom. The summed E-state index contributed by atoms with van der Waals surface area (Å²) in [6, 6.07) is 6.09. The molecule has 0 saturated carbocycles. The van der Waals surface area contributed by atoms with E-state index in [2.05, 4.69) is 23.2 Å². The van der Waals surface area contributed by atoms with Crippen molar-refractivity contribution in [3.8, 4) is 6.07 Å². The molecule has 0 amide bonds. The summed E-state index contributed by atoms with van der Waals surface area (Å²) in [5.41, 5.74) is 1.88. The van der Waals surface area contributed by atoms with Crippen molar-refractivity contribution in [2.75, 3.05) is 0 Å². The van der Waals surface area contributed by atoms with Crippen molar-refractivity contribution in [1.82, 2.24) is 4.98 Å². The number of aryl methyl sites for hydroxylation is 1. The van der Waals surface area contributed by atoms with Crippen LogP contribution >= 0.6 is 0 Å². The smallest absolute Gasteiger partial charge is 0.166 e. The normalized spacial score (nSPS) is 11.1. The number of rotatable bonds is 19. The number of carbonyl (C=O) groups is 1. The zero-order valence-corrected chi connectivity index (χ0v) is 17.8. The molecule has 1 rings (SSSR count). The van der Waals surface area contributed by atoms with E-state index in [4.69, 9.17) is 5.26 Å². The summed E-state index contributed by atoms with van der Waals surface area (Å²) in [6.07, 6.45) is 26.6. The van der Waals surface area contributed by atoms with E-state index >= 15 is 0 Å². The first-order valence-electron chi connectivity index (χ1n) is 11.5. The standard InChI is InChI=1S/C25H40N2O/c26-22-18-16-14-12-10-8-6-4-2-1-3-5-7-9-11-13-15-17-19-24-20-21-25(23-28)27-24/h4,6,20-21,23,27H,1-3,5,7-19H2/b6-4-. The van der Waals surface area contributed by atoms with Gasteiger partial charge in [-0.3, -0.25) is 4.79 Å². The highest BCUT2D eigenvalue weighted by Crippen LogP contribution is 2.13. The summed E-state index contributed by atoms with van der Waals surface area (Å²) in [6.45, 7) is 0. The molecule has 0 saturated heterocycles. The third-order valence-corrected chi connectivity index (χ3v) is 5.29. The number of allylic oxidation sites excluding steroid dienone is 2. The Morgan fingerprint density at radius 2 is 1.29 bits per heavy atom. The van der Waals surface area contributed by atoms with Crippen molar-refractivity contribution in [2.45, 2.75) is 109 Å². The van der Waals surface area contributed by atoms with Gasteiger partial charge in [0.1, 0.15) is 0 Å². The van der Waals surface area contributed by atoms with Crippen LogP contribution in [0.2, 0.25) is 0 Å². The van der Waals surface area contributed by atoms with Crippen LogP contribution in [0.15, 0.2) is 24.3 Å². The number of carbonyl (C=O) groups excluding carboxylic acids is 1. The molecule has 1 aromatic rings. The highest BCUT2D eigenvalue weighted by atomic mass is 16.1. The molecule has 3 nitrogen and oxygen atoms in total. The van der Waals surface area contributed by atoms with E-state index in [0.29, 0.717) is 12.1 Å². The van der Waals surface area contributed by atoms with Crippen LogP contribution < -0.4 is 0 Å². The van der Waals surface area contributed by atoms with Crippen molar-refractivity contribution in [2.24, 2.45) is 0 Å². The monoisotopic (exact) mass is 384 g/mol. The molecule has 1 N–H and O–H groups in total. The predicted molar refractivity (Wildman–Crippen MR) is 119 cm³/mol. The minimum absolute atomic E-state index is 0.689. The van der Waals surface area contributed by atoms with E-state index in [0.717, 1.165) is 19.1 Å². The highest BCUT2D eigenvalue weighted by molar-refractivity contribution is 5.71. The van der Waals surface area contributed by atoms with Gasteiger partial charge in [0, 0.05) is 12.1 Å². The zero-order chi connectivity index (χ0) is 20.1. The molecule has 156 valence electrons. The van der Waals surface area contributed by atoms with Crippen LogP contribution in [-0.4, -0.2) is 11.3 Å². The van der Waals surface area contributed by atoms with Gasteiger partial charge in [-0.05, 0) is 57.1 Å². The topological polar surface area (TPSA) is 56.6 Å². The molecule has 1 heterocycles. The molecule has 0 unspecified atom stereocenters. The van der Waals surface area contributed by atoms with Gasteiger partial charge in [-0.15, -0.1) is 0 Å². The molecule has 0 aliphatic rings. The van der Waals surface area contributed by atoms with Gasteiger partial charge >= 0.3 is 0 Å². The van der Waals surface area contributed by atoms with Crippen LogP contribution in [0.4, 0.5) is 0 Å². The lowest BCUT2D eigenvalue weighted by Crippen LogP contribution is -1.88. The minimum atomic E-state index is 0.689. The van der Waals surface area contributed by atoms with E-state index in [9.17, 15) is 4.79 Å². The van der Waals surface area contributed by atoms with Crippen LogP contribution in [0.1, 0.15) is 119 Å². The Kier molecular flexibility index (Phi) is 16.0. The fourth-order valence-electron chi connectivity index (χ4n) is 3.54. The number of nitrogens with zero attached hydrogens (tertiary/aromatic N) is 1. The van der Waals surface area contributed by atoms with Crippen molar-refractivity contribution in [3.05, 3.63) is 35.7 Å². The van der Waals surface area contributed by atoms with Gasteiger partial charge in [-0.25, -0.2) is 0 Å². The van der Waals surface area contributed by atoms with Crippen molar-refractivity contribution in [3.63, 3.8) is 0 Å². The summed E-state index contributed by atoms with van der Waals surface area (Å²) in [7, 11) is 0. The zero-order valence-electron chi connectivity index (χ0n) is 17.8. The van der Waals surface area contributed by atoms with Crippen molar-refractivity contribution < 1.29 is 4.79 Å². The SMILES string of the molecule is N#CCCCCCC/C=C\CCCCCCCCCCCc1ccc(C=O)[nH]1. The Hall–Kier alpha value is -1.82. The second kappa shape index (κ2) is 18.5. The number of unbranched alkanes of at least 4 members (excludes halogenated alkanes) is 14. The summed E-state index contributed by atoms with van der Waals surface area (Å²) in [5, 5.41) is 8.47. The molecule has 0 bridgehead atoms. The third kappa shape index (κ3) is 14.3. The van der Waals surface area contributed by atoms with Crippen LogP contribution in [-0.2, 0) is 6.42 Å². The van der Waals surface area contributed by atoms with E-state index < -0.39 is 0 Å². The van der Waals surface area contributed by atoms with Gasteiger partial charge in [0.25, 0.3) is 0 Å². The second-order valence-corrected chi connectivity index (χ2v) is 7.86. The first kappa shape index (κ1) is 24.2. The minimum Gasteiger partial charge on any atom is -0.356 e. The summed E-state index contributed by atoms with van der Waals surface area (Å²) >= 11 is 0. The number of aldehydes is 1. The maximum Gasteiger partial charge on any atom is 0.166 e. The Balaban J connectivity index is 1.75. The average Bonchev–Trinajstić information content (AvgIpc) is 3.18. The predicted octanol–water partition coefficient (Wildman–Crippen LogP) is 7.69. The molecule has 28 heavy (non-hydrogen) atoms. The molecular formula is C25H40N2O. The van der Waals surface area contributed by atoms with Gasteiger partial charge in [0.15, 0.2) is 6.29 Å². The Labute approximate surface area is 172 Å². The second-order valence-electron chi connectivity index (χ2n) is 7.86. The molecule has 0 aliphatic carbocycles. The van der Waals surface area contributed by atoms with Crippen LogP contribution in [0.25, 0.3) is 0 Å². The summed E-state index contributed by atoms with van der Waals surface area (Å²) < 4.78 is 0. The number of nitrogens with one attached hydrogen (secondary N) is 1. The number of aromatic amines is 1. The lowest BCUT2D eigenvalue weighted by molar-refractivity contribution is 0.111. The molecule has 1 aromatic heterocycles. The number of nitriles is 1. The number of aromatic nitrogens is 1. The van der Waals surface area contributed by atoms with Gasteiger partial charge in [-0.2, -0.15) is 5.26 Å². The molecule has 0 spiro atoms. The first-order valence-corrected chi connectivity index (χ1v) is 11.5. The van der Waals surface area contributed by atoms with Gasteiger partial charge in [-0.1, -0.05) is 69.9 Å².